The number of rotatable bonds is 2. The SMILES string of the molecule is CC1CC(=O)OC1=O.O=C(O)/C=C\C(=O)O. The van der Waals surface area contributed by atoms with Crippen molar-refractivity contribution in [3.8, 4) is 0 Å². The molecule has 0 aromatic heterocycles. The average Bonchev–Trinajstić information content (AvgIpc) is 2.42. The van der Waals surface area contributed by atoms with Crippen molar-refractivity contribution in [3.63, 3.8) is 0 Å². The molecule has 2 N–H and O–H groups in total. The van der Waals surface area contributed by atoms with Gasteiger partial charge in [0.2, 0.25) is 0 Å². The Bertz CT molecular complexity index is 326. The van der Waals surface area contributed by atoms with Crippen LogP contribution in [0.5, 0.6) is 0 Å². The van der Waals surface area contributed by atoms with E-state index in [0.717, 1.165) is 0 Å². The van der Waals surface area contributed by atoms with Crippen molar-refractivity contribution in [3.05, 3.63) is 12.2 Å². The van der Waals surface area contributed by atoms with Crippen molar-refractivity contribution in [2.75, 3.05) is 0 Å². The van der Waals surface area contributed by atoms with E-state index in [-0.39, 0.29) is 12.3 Å². The van der Waals surface area contributed by atoms with E-state index in [2.05, 4.69) is 4.74 Å². The Morgan fingerprint density at radius 1 is 1.25 bits per heavy atom. The third kappa shape index (κ3) is 6.30. The Balaban J connectivity index is 0.000000281. The van der Waals surface area contributed by atoms with Crippen LogP contribution >= 0.6 is 0 Å². The zero-order valence-corrected chi connectivity index (χ0v) is 8.37. The molecule has 16 heavy (non-hydrogen) atoms. The molecule has 1 fully saturated rings. The van der Waals surface area contributed by atoms with Crippen molar-refractivity contribution in [2.24, 2.45) is 5.92 Å². The van der Waals surface area contributed by atoms with Crippen molar-refractivity contribution in [2.45, 2.75) is 13.3 Å². The quantitative estimate of drug-likeness (QED) is 0.383. The molecule has 0 saturated carbocycles. The van der Waals surface area contributed by atoms with E-state index in [1.54, 1.807) is 6.92 Å². The first kappa shape index (κ1) is 13.8. The molecule has 0 bridgehead atoms. The second-order valence-electron chi connectivity index (χ2n) is 2.91. The first-order valence-corrected chi connectivity index (χ1v) is 4.21. The molecule has 7 nitrogen and oxygen atoms in total. The van der Waals surface area contributed by atoms with Crippen LogP contribution in [0.3, 0.4) is 0 Å². The summed E-state index contributed by atoms with van der Waals surface area (Å²) in [6, 6.07) is 0. The maximum atomic E-state index is 10.3. The first-order valence-electron chi connectivity index (χ1n) is 4.21. The maximum absolute atomic E-state index is 10.3. The van der Waals surface area contributed by atoms with Crippen LogP contribution in [-0.2, 0) is 23.9 Å². The van der Waals surface area contributed by atoms with E-state index < -0.39 is 23.9 Å². The minimum absolute atomic E-state index is 0.220. The minimum Gasteiger partial charge on any atom is -0.478 e. The molecular formula is C9H10O7. The van der Waals surface area contributed by atoms with E-state index in [9.17, 15) is 19.2 Å². The molecule has 1 atom stereocenters. The van der Waals surface area contributed by atoms with Gasteiger partial charge in [0.1, 0.15) is 0 Å². The predicted molar refractivity (Wildman–Crippen MR) is 49.3 cm³/mol. The molecule has 1 saturated heterocycles. The van der Waals surface area contributed by atoms with Gasteiger partial charge in [0.15, 0.2) is 0 Å². The average molecular weight is 230 g/mol. The highest BCUT2D eigenvalue weighted by Gasteiger charge is 2.28. The van der Waals surface area contributed by atoms with Crippen LogP contribution in [0, 0.1) is 5.92 Å². The normalized spacial score (nSPS) is 18.9. The molecule has 0 amide bonds. The van der Waals surface area contributed by atoms with Crippen molar-refractivity contribution >= 4 is 23.9 Å². The molecule has 1 aliphatic rings. The summed E-state index contributed by atoms with van der Waals surface area (Å²) >= 11 is 0. The van der Waals surface area contributed by atoms with Gasteiger partial charge in [-0.1, -0.05) is 6.92 Å². The number of carboxylic acid groups (broad SMARTS) is 2. The molecule has 0 spiro atoms. The Kier molecular flexibility index (Phi) is 5.47. The van der Waals surface area contributed by atoms with Gasteiger partial charge in [0.05, 0.1) is 12.3 Å². The summed E-state index contributed by atoms with van der Waals surface area (Å²) in [6.45, 7) is 1.67. The van der Waals surface area contributed by atoms with Crippen LogP contribution < -0.4 is 0 Å². The van der Waals surface area contributed by atoms with Gasteiger partial charge in [0.25, 0.3) is 0 Å². The van der Waals surface area contributed by atoms with Crippen LogP contribution in [0.15, 0.2) is 12.2 Å². The van der Waals surface area contributed by atoms with Crippen molar-refractivity contribution in [1.29, 1.82) is 0 Å². The lowest BCUT2D eigenvalue weighted by atomic mass is 10.1. The first-order chi connectivity index (χ1) is 7.32. The second kappa shape index (κ2) is 6.33. The predicted octanol–water partition coefficient (Wildman–Crippen LogP) is -0.192. The molecule has 1 heterocycles. The molecule has 88 valence electrons. The Labute approximate surface area is 90.3 Å². The van der Waals surface area contributed by atoms with Crippen LogP contribution in [0.1, 0.15) is 13.3 Å². The van der Waals surface area contributed by atoms with Gasteiger partial charge in [-0.15, -0.1) is 0 Å². The fourth-order valence-corrected chi connectivity index (χ4v) is 0.730. The van der Waals surface area contributed by atoms with Crippen molar-refractivity contribution < 1.29 is 34.1 Å². The van der Waals surface area contributed by atoms with E-state index in [4.69, 9.17) is 10.2 Å². The van der Waals surface area contributed by atoms with Gasteiger partial charge in [-0.2, -0.15) is 0 Å². The summed E-state index contributed by atoms with van der Waals surface area (Å²) in [4.78, 5) is 39.7. The smallest absolute Gasteiger partial charge is 0.328 e. The Morgan fingerprint density at radius 3 is 1.81 bits per heavy atom. The maximum Gasteiger partial charge on any atom is 0.328 e. The van der Waals surface area contributed by atoms with Gasteiger partial charge in [-0.05, 0) is 0 Å². The minimum atomic E-state index is -1.26. The van der Waals surface area contributed by atoms with E-state index >= 15 is 0 Å². The monoisotopic (exact) mass is 230 g/mol. The highest BCUT2D eigenvalue weighted by Crippen LogP contribution is 2.13. The van der Waals surface area contributed by atoms with Crippen LogP contribution in [0.25, 0.3) is 0 Å². The number of hydrogen-bond donors (Lipinski definition) is 2. The molecule has 1 rings (SSSR count). The zero-order chi connectivity index (χ0) is 12.7. The largest absolute Gasteiger partial charge is 0.478 e. The van der Waals surface area contributed by atoms with Gasteiger partial charge in [0, 0.05) is 12.2 Å². The molecule has 0 aromatic rings. The fourth-order valence-electron chi connectivity index (χ4n) is 0.730. The second-order valence-corrected chi connectivity index (χ2v) is 2.91. The summed E-state index contributed by atoms with van der Waals surface area (Å²) < 4.78 is 4.20. The Morgan fingerprint density at radius 2 is 1.69 bits per heavy atom. The van der Waals surface area contributed by atoms with Gasteiger partial charge < -0.3 is 14.9 Å². The topological polar surface area (TPSA) is 118 Å². The standard InChI is InChI=1S/C5H6O3.C4H4O4/c1-3-2-4(6)8-5(3)7;5-3(6)1-2-4(7)8/h3H,2H2,1H3;1-2H,(H,5,6)(H,7,8)/b;2-1-. The van der Waals surface area contributed by atoms with Crippen LogP contribution in [-0.4, -0.2) is 34.1 Å². The molecular weight excluding hydrogens is 220 g/mol. The summed E-state index contributed by atoms with van der Waals surface area (Å²) in [7, 11) is 0. The molecule has 7 heteroatoms. The lowest BCUT2D eigenvalue weighted by Crippen LogP contribution is -2.01. The number of ether oxygens (including phenoxy) is 1. The number of aliphatic carboxylic acids is 2. The highest BCUT2D eigenvalue weighted by atomic mass is 16.6. The fraction of sp³-hybridized carbons (Fsp3) is 0.333. The summed E-state index contributed by atoms with van der Waals surface area (Å²) in [5.74, 6) is -3.53. The molecule has 0 aromatic carbocycles. The lowest BCUT2D eigenvalue weighted by molar-refractivity contribution is -0.153. The van der Waals surface area contributed by atoms with E-state index in [1.165, 1.54) is 0 Å². The van der Waals surface area contributed by atoms with E-state index in [1.807, 2.05) is 0 Å². The Hall–Kier alpha value is -2.18. The molecule has 0 radical (unpaired) electrons. The number of carbonyl (C=O) groups is 4. The molecule has 1 unspecified atom stereocenters. The third-order valence-corrected chi connectivity index (χ3v) is 1.46. The lowest BCUT2D eigenvalue weighted by Gasteiger charge is -1.86. The number of cyclic esters (lactones) is 2. The summed E-state index contributed by atoms with van der Waals surface area (Å²) in [5, 5.41) is 15.6. The third-order valence-electron chi connectivity index (χ3n) is 1.46. The van der Waals surface area contributed by atoms with E-state index in [0.29, 0.717) is 12.2 Å². The summed E-state index contributed by atoms with van der Waals surface area (Å²) in [5.41, 5.74) is 0. The van der Waals surface area contributed by atoms with Gasteiger partial charge >= 0.3 is 23.9 Å². The van der Waals surface area contributed by atoms with Gasteiger partial charge in [-0.3, -0.25) is 9.59 Å². The van der Waals surface area contributed by atoms with Crippen LogP contribution in [0.2, 0.25) is 0 Å². The van der Waals surface area contributed by atoms with Crippen LogP contribution in [0.4, 0.5) is 0 Å². The number of esters is 2. The number of carboxylic acids is 2. The zero-order valence-electron chi connectivity index (χ0n) is 8.37. The molecule has 0 aliphatic carbocycles. The number of carbonyl (C=O) groups excluding carboxylic acids is 2. The number of hydrogen-bond acceptors (Lipinski definition) is 5. The molecule has 1 aliphatic heterocycles. The summed E-state index contributed by atoms with van der Waals surface area (Å²) in [6.07, 6.45) is 1.36. The van der Waals surface area contributed by atoms with Gasteiger partial charge in [-0.25, -0.2) is 9.59 Å². The highest BCUT2D eigenvalue weighted by molar-refractivity contribution is 5.94. The van der Waals surface area contributed by atoms with Crippen molar-refractivity contribution in [1.82, 2.24) is 0 Å².